The van der Waals surface area contributed by atoms with Gasteiger partial charge in [0.15, 0.2) is 7.98 Å². The van der Waals surface area contributed by atoms with E-state index in [2.05, 4.69) is 17.9 Å². The van der Waals surface area contributed by atoms with Gasteiger partial charge in [-0.1, -0.05) is 19.6 Å². The van der Waals surface area contributed by atoms with Crippen LogP contribution in [-0.4, -0.2) is 44.5 Å². The Morgan fingerprint density at radius 2 is 2.27 bits per heavy atom. The summed E-state index contributed by atoms with van der Waals surface area (Å²) < 4.78 is 0. The minimum absolute atomic E-state index is 0.220. The molecule has 3 nitrogen and oxygen atoms in total. The number of nitrogens with zero attached hydrogens (tertiary/aromatic N) is 1. The zero-order chi connectivity index (χ0) is 11.4. The molecular formula is C9H16B2N2OS. The highest BCUT2D eigenvalue weighted by Gasteiger charge is 2.35. The molecule has 1 amide bonds. The summed E-state index contributed by atoms with van der Waals surface area (Å²) in [7, 11) is 11.2. The number of hydrogen-bond acceptors (Lipinski definition) is 2. The smallest absolute Gasteiger partial charge is 0.278 e. The first-order valence-electron chi connectivity index (χ1n) is 5.28. The molecule has 1 saturated carbocycles. The van der Waals surface area contributed by atoms with Gasteiger partial charge in [-0.3, -0.25) is 4.79 Å². The molecule has 15 heavy (non-hydrogen) atoms. The van der Waals surface area contributed by atoms with Crippen LogP contribution in [0.4, 0.5) is 4.79 Å². The lowest BCUT2D eigenvalue weighted by molar-refractivity contribution is 0.197. The monoisotopic (exact) mass is 222 g/mol. The van der Waals surface area contributed by atoms with Gasteiger partial charge in [0.1, 0.15) is 0 Å². The second-order valence-electron chi connectivity index (χ2n) is 4.13. The van der Waals surface area contributed by atoms with E-state index in [9.17, 15) is 4.79 Å². The Morgan fingerprint density at radius 1 is 1.67 bits per heavy atom. The summed E-state index contributed by atoms with van der Waals surface area (Å²) in [6.07, 6.45) is 2.94. The molecule has 1 aliphatic carbocycles. The molecule has 1 N–H and O–H groups in total. The summed E-state index contributed by atoms with van der Waals surface area (Å²) in [6, 6.07) is 0.304. The minimum atomic E-state index is -0.254. The topological polar surface area (TPSA) is 32.3 Å². The maximum atomic E-state index is 11.3. The van der Waals surface area contributed by atoms with Crippen molar-refractivity contribution in [1.29, 1.82) is 0 Å². The van der Waals surface area contributed by atoms with Gasteiger partial charge in [-0.15, -0.1) is 0 Å². The van der Waals surface area contributed by atoms with Crippen LogP contribution < -0.4 is 5.23 Å². The Bertz CT molecular complexity index is 226. The molecule has 1 fully saturated rings. The molecule has 0 saturated heterocycles. The van der Waals surface area contributed by atoms with Crippen molar-refractivity contribution in [2.45, 2.75) is 38.2 Å². The summed E-state index contributed by atoms with van der Waals surface area (Å²) >= 11 is 3.86. The van der Waals surface area contributed by atoms with Crippen molar-refractivity contribution < 1.29 is 4.79 Å². The zero-order valence-corrected chi connectivity index (χ0v) is 9.91. The van der Waals surface area contributed by atoms with E-state index in [0.29, 0.717) is 12.6 Å². The average molecular weight is 222 g/mol. The number of carbonyl (C=O) groups is 1. The van der Waals surface area contributed by atoms with E-state index in [1.807, 2.05) is 6.92 Å². The van der Waals surface area contributed by atoms with Crippen molar-refractivity contribution in [3.8, 4) is 0 Å². The zero-order valence-electron chi connectivity index (χ0n) is 9.02. The van der Waals surface area contributed by atoms with Crippen molar-refractivity contribution in [2.75, 3.05) is 6.54 Å². The third kappa shape index (κ3) is 3.76. The summed E-state index contributed by atoms with van der Waals surface area (Å²) in [5.41, 5.74) is 0. The number of hydrogen-bond donors (Lipinski definition) is 2. The van der Waals surface area contributed by atoms with Crippen LogP contribution in [0.2, 0.25) is 0 Å². The van der Waals surface area contributed by atoms with Crippen LogP contribution >= 0.6 is 12.6 Å². The minimum Gasteiger partial charge on any atom is -0.366 e. The maximum absolute atomic E-state index is 11.3. The molecule has 4 radical (unpaired) electrons. The van der Waals surface area contributed by atoms with Gasteiger partial charge < -0.3 is 10.1 Å². The molecule has 0 spiro atoms. The fourth-order valence-corrected chi connectivity index (χ4v) is 1.93. The Kier molecular flexibility index (Phi) is 5.06. The molecule has 0 bridgehead atoms. The van der Waals surface area contributed by atoms with E-state index in [-0.39, 0.29) is 17.1 Å². The second-order valence-corrected chi connectivity index (χ2v) is 4.51. The quantitative estimate of drug-likeness (QED) is 0.512. The van der Waals surface area contributed by atoms with Crippen molar-refractivity contribution >= 4 is 33.7 Å². The second kappa shape index (κ2) is 5.85. The third-order valence-corrected chi connectivity index (χ3v) is 3.04. The first-order chi connectivity index (χ1) is 7.07. The predicted octanol–water partition coefficient (Wildman–Crippen LogP) is 0.694. The van der Waals surface area contributed by atoms with E-state index in [1.54, 1.807) is 4.90 Å². The van der Waals surface area contributed by atoms with Crippen molar-refractivity contribution in [2.24, 2.45) is 5.92 Å². The highest BCUT2D eigenvalue weighted by molar-refractivity contribution is 7.96. The Labute approximate surface area is 99.6 Å². The molecule has 1 rings (SSSR count). The number of thiol groups is 1. The fourth-order valence-electron chi connectivity index (χ4n) is 1.64. The van der Waals surface area contributed by atoms with E-state index >= 15 is 0 Å². The lowest BCUT2D eigenvalue weighted by Crippen LogP contribution is -2.44. The van der Waals surface area contributed by atoms with Crippen LogP contribution in [0.1, 0.15) is 26.2 Å². The molecule has 6 heteroatoms. The molecule has 0 aromatic heterocycles. The van der Waals surface area contributed by atoms with Gasteiger partial charge in [-0.05, 0) is 37.7 Å². The molecule has 0 heterocycles. The third-order valence-electron chi connectivity index (χ3n) is 2.81. The maximum Gasteiger partial charge on any atom is 0.278 e. The molecule has 2 atom stereocenters. The number of amides is 1. The molecule has 0 aliphatic heterocycles. The van der Waals surface area contributed by atoms with Crippen molar-refractivity contribution in [3.63, 3.8) is 0 Å². The Hall–Kier alpha value is -0.0901. The summed E-state index contributed by atoms with van der Waals surface area (Å²) in [5, 5.41) is 2.36. The summed E-state index contributed by atoms with van der Waals surface area (Å²) in [6.45, 7) is 2.72. The van der Waals surface area contributed by atoms with Gasteiger partial charge in [0.05, 0.1) is 7.85 Å². The largest absolute Gasteiger partial charge is 0.366 e. The standard InChI is InChI=1S/C9H16B2N2OS/c1-6(4-5-12-11)8(10)13(9(14)15)7-2-3-7/h6-8,12H,2-5H2,1H3,(H,14,15). The lowest BCUT2D eigenvalue weighted by atomic mass is 9.81. The van der Waals surface area contributed by atoms with Crippen LogP contribution in [0, 0.1) is 5.92 Å². The SMILES string of the molecule is [B]NCCC(C)C([B])N(C(=O)S)C1CC1. The van der Waals surface area contributed by atoms with Crippen molar-refractivity contribution in [3.05, 3.63) is 0 Å². The van der Waals surface area contributed by atoms with Crippen LogP contribution in [0.15, 0.2) is 0 Å². The predicted molar refractivity (Wildman–Crippen MR) is 66.3 cm³/mol. The van der Waals surface area contributed by atoms with Gasteiger partial charge in [0.2, 0.25) is 0 Å². The number of carbonyl (C=O) groups excluding carboxylic acids is 1. The Balaban J connectivity index is 2.47. The molecule has 0 aromatic carbocycles. The molecule has 1 aliphatic rings. The summed E-state index contributed by atoms with van der Waals surface area (Å²) in [5.74, 6) is -0.0337. The van der Waals surface area contributed by atoms with Gasteiger partial charge >= 0.3 is 0 Å². The molecular weight excluding hydrogens is 206 g/mol. The normalized spacial score (nSPS) is 19.6. The molecule has 2 unspecified atom stereocenters. The molecule has 80 valence electrons. The number of rotatable bonds is 6. The van der Waals surface area contributed by atoms with Gasteiger partial charge in [-0.25, -0.2) is 0 Å². The first kappa shape index (κ1) is 13.0. The van der Waals surface area contributed by atoms with Gasteiger partial charge in [0, 0.05) is 6.04 Å². The van der Waals surface area contributed by atoms with E-state index in [0.717, 1.165) is 19.3 Å². The van der Waals surface area contributed by atoms with E-state index in [1.165, 1.54) is 0 Å². The van der Waals surface area contributed by atoms with Gasteiger partial charge in [0.25, 0.3) is 5.24 Å². The first-order valence-corrected chi connectivity index (χ1v) is 5.73. The number of nitrogens with one attached hydrogen (secondary N) is 1. The highest BCUT2D eigenvalue weighted by Crippen LogP contribution is 2.31. The van der Waals surface area contributed by atoms with Crippen LogP contribution in [0.5, 0.6) is 0 Å². The average Bonchev–Trinajstić information content (AvgIpc) is 2.97. The van der Waals surface area contributed by atoms with Crippen LogP contribution in [-0.2, 0) is 0 Å². The highest BCUT2D eigenvalue weighted by atomic mass is 32.1. The fraction of sp³-hybridized carbons (Fsp3) is 0.889. The van der Waals surface area contributed by atoms with Crippen LogP contribution in [0.3, 0.4) is 0 Å². The molecule has 0 aromatic rings. The summed E-state index contributed by atoms with van der Waals surface area (Å²) in [4.78, 5) is 13.0. The Morgan fingerprint density at radius 3 is 2.67 bits per heavy atom. The van der Waals surface area contributed by atoms with Crippen molar-refractivity contribution in [1.82, 2.24) is 10.1 Å². The van der Waals surface area contributed by atoms with Crippen LogP contribution in [0.25, 0.3) is 0 Å². The van der Waals surface area contributed by atoms with E-state index in [4.69, 9.17) is 15.8 Å². The van der Waals surface area contributed by atoms with E-state index < -0.39 is 0 Å². The lowest BCUT2D eigenvalue weighted by Gasteiger charge is -2.32. The van der Waals surface area contributed by atoms with Gasteiger partial charge in [-0.2, -0.15) is 0 Å².